The normalized spacial score (nSPS) is 10.0. The molecule has 1 amide bonds. The second-order valence-electron chi connectivity index (χ2n) is 5.46. The molecular formula is C18H27Cl2N3OS. The molecule has 0 radical (unpaired) electrons. The fourth-order valence-corrected chi connectivity index (χ4v) is 3.22. The standard InChI is InChI=1S/C18H25N3OS.2ClH/c1-3-20(4-2)10-11-21(14-17-9-6-12-23-17)18(22)15-7-5-8-16(19)13-15;;/h5-9,12-13H,3-4,10-11,14,19H2,1-2H3;2*1H. The molecule has 0 spiro atoms. The number of halogens is 2. The molecule has 2 N–H and O–H groups in total. The second-order valence-corrected chi connectivity index (χ2v) is 6.49. The number of rotatable bonds is 8. The molecule has 7 heteroatoms. The van der Waals surface area contributed by atoms with Crippen molar-refractivity contribution in [3.8, 4) is 0 Å². The summed E-state index contributed by atoms with van der Waals surface area (Å²) >= 11 is 1.68. The van der Waals surface area contributed by atoms with Gasteiger partial charge in [-0.15, -0.1) is 36.2 Å². The number of benzene rings is 1. The fraction of sp³-hybridized carbons (Fsp3) is 0.389. The first-order valence-electron chi connectivity index (χ1n) is 8.03. The Morgan fingerprint density at radius 1 is 1.08 bits per heavy atom. The average molecular weight is 404 g/mol. The number of carbonyl (C=O) groups excluding carboxylic acids is 1. The van der Waals surface area contributed by atoms with Gasteiger partial charge in [-0.05, 0) is 42.7 Å². The first kappa shape index (κ1) is 23.7. The van der Waals surface area contributed by atoms with Crippen molar-refractivity contribution >= 4 is 47.7 Å². The predicted octanol–water partition coefficient (Wildman–Crippen LogP) is 4.16. The Hall–Kier alpha value is -1.27. The Labute approximate surface area is 166 Å². The zero-order chi connectivity index (χ0) is 16.7. The second kappa shape index (κ2) is 12.1. The van der Waals surface area contributed by atoms with Gasteiger partial charge >= 0.3 is 0 Å². The fourth-order valence-electron chi connectivity index (χ4n) is 2.50. The van der Waals surface area contributed by atoms with Gasteiger partial charge in [-0.25, -0.2) is 0 Å². The molecule has 1 aromatic carbocycles. The molecule has 0 saturated carbocycles. The van der Waals surface area contributed by atoms with Crippen LogP contribution in [0, 0.1) is 0 Å². The molecule has 0 bridgehead atoms. The Kier molecular flexibility index (Phi) is 11.5. The molecule has 0 aliphatic rings. The summed E-state index contributed by atoms with van der Waals surface area (Å²) in [5, 5.41) is 2.04. The Morgan fingerprint density at radius 2 is 1.80 bits per heavy atom. The van der Waals surface area contributed by atoms with E-state index in [1.54, 1.807) is 23.5 Å². The van der Waals surface area contributed by atoms with Crippen molar-refractivity contribution in [2.45, 2.75) is 20.4 Å². The van der Waals surface area contributed by atoms with Gasteiger partial charge in [0.1, 0.15) is 0 Å². The molecule has 2 aromatic rings. The summed E-state index contributed by atoms with van der Waals surface area (Å²) < 4.78 is 0. The third-order valence-electron chi connectivity index (χ3n) is 3.93. The average Bonchev–Trinajstić information content (AvgIpc) is 3.07. The van der Waals surface area contributed by atoms with Gasteiger partial charge in [0.05, 0.1) is 6.54 Å². The Bertz CT molecular complexity index is 619. The summed E-state index contributed by atoms with van der Waals surface area (Å²) in [6, 6.07) is 11.3. The third kappa shape index (κ3) is 7.24. The van der Waals surface area contributed by atoms with Gasteiger partial charge in [0.25, 0.3) is 5.91 Å². The van der Waals surface area contributed by atoms with Crippen LogP contribution in [0.3, 0.4) is 0 Å². The van der Waals surface area contributed by atoms with Gasteiger partial charge < -0.3 is 15.5 Å². The number of anilines is 1. The van der Waals surface area contributed by atoms with Crippen LogP contribution in [0.25, 0.3) is 0 Å². The van der Waals surface area contributed by atoms with Crippen LogP contribution < -0.4 is 5.73 Å². The highest BCUT2D eigenvalue weighted by Crippen LogP contribution is 2.16. The molecule has 140 valence electrons. The Morgan fingerprint density at radius 3 is 2.36 bits per heavy atom. The first-order chi connectivity index (χ1) is 11.1. The maximum atomic E-state index is 12.9. The molecule has 1 aromatic heterocycles. The van der Waals surface area contributed by atoms with Crippen LogP contribution in [0.15, 0.2) is 41.8 Å². The maximum Gasteiger partial charge on any atom is 0.254 e. The Balaban J connectivity index is 0.00000288. The van der Waals surface area contributed by atoms with E-state index in [9.17, 15) is 4.79 Å². The van der Waals surface area contributed by atoms with Crippen molar-refractivity contribution in [1.82, 2.24) is 9.80 Å². The molecule has 0 unspecified atom stereocenters. The lowest BCUT2D eigenvalue weighted by atomic mass is 10.1. The van der Waals surface area contributed by atoms with Crippen molar-refractivity contribution in [2.24, 2.45) is 0 Å². The number of likely N-dealkylation sites (N-methyl/N-ethyl adjacent to an activating group) is 1. The van der Waals surface area contributed by atoms with E-state index in [1.807, 2.05) is 28.5 Å². The molecule has 25 heavy (non-hydrogen) atoms. The van der Waals surface area contributed by atoms with Crippen LogP contribution in [0.4, 0.5) is 5.69 Å². The minimum Gasteiger partial charge on any atom is -0.399 e. The minimum absolute atomic E-state index is 0. The van der Waals surface area contributed by atoms with E-state index >= 15 is 0 Å². The molecule has 0 aliphatic carbocycles. The SMILES string of the molecule is CCN(CC)CCN(Cc1cccs1)C(=O)c1cccc(N)c1.Cl.Cl. The molecule has 4 nitrogen and oxygen atoms in total. The van der Waals surface area contributed by atoms with Gasteiger partial charge in [-0.2, -0.15) is 0 Å². The predicted molar refractivity (Wildman–Crippen MR) is 112 cm³/mol. The van der Waals surface area contributed by atoms with E-state index < -0.39 is 0 Å². The van der Waals surface area contributed by atoms with E-state index in [4.69, 9.17) is 5.73 Å². The van der Waals surface area contributed by atoms with Crippen LogP contribution in [0.1, 0.15) is 29.1 Å². The minimum atomic E-state index is 0. The van der Waals surface area contributed by atoms with Gasteiger partial charge in [0.2, 0.25) is 0 Å². The number of amides is 1. The number of nitrogens with two attached hydrogens (primary N) is 1. The summed E-state index contributed by atoms with van der Waals surface area (Å²) in [4.78, 5) is 18.3. The summed E-state index contributed by atoms with van der Waals surface area (Å²) in [6.45, 7) is 8.53. The largest absolute Gasteiger partial charge is 0.399 e. The van der Waals surface area contributed by atoms with E-state index in [0.717, 1.165) is 19.6 Å². The van der Waals surface area contributed by atoms with Gasteiger partial charge in [0.15, 0.2) is 0 Å². The summed E-state index contributed by atoms with van der Waals surface area (Å²) in [7, 11) is 0. The third-order valence-corrected chi connectivity index (χ3v) is 4.79. The van der Waals surface area contributed by atoms with Crippen molar-refractivity contribution in [3.63, 3.8) is 0 Å². The first-order valence-corrected chi connectivity index (χ1v) is 8.91. The highest BCUT2D eigenvalue weighted by molar-refractivity contribution is 7.09. The lowest BCUT2D eigenvalue weighted by Crippen LogP contribution is -2.38. The van der Waals surface area contributed by atoms with E-state index in [0.29, 0.717) is 24.3 Å². The molecule has 0 atom stereocenters. The summed E-state index contributed by atoms with van der Waals surface area (Å²) in [6.07, 6.45) is 0. The highest BCUT2D eigenvalue weighted by Gasteiger charge is 2.17. The highest BCUT2D eigenvalue weighted by atomic mass is 35.5. The van der Waals surface area contributed by atoms with Crippen LogP contribution in [-0.4, -0.2) is 41.9 Å². The van der Waals surface area contributed by atoms with Gasteiger partial charge in [-0.3, -0.25) is 4.79 Å². The quantitative estimate of drug-likeness (QED) is 0.673. The zero-order valence-corrected chi connectivity index (χ0v) is 17.1. The zero-order valence-electron chi connectivity index (χ0n) is 14.7. The van der Waals surface area contributed by atoms with Crippen molar-refractivity contribution < 1.29 is 4.79 Å². The van der Waals surface area contributed by atoms with Crippen LogP contribution in [0.2, 0.25) is 0 Å². The molecule has 0 saturated heterocycles. The van der Waals surface area contributed by atoms with E-state index in [1.165, 1.54) is 4.88 Å². The number of nitrogens with zero attached hydrogens (tertiary/aromatic N) is 2. The number of hydrogen-bond donors (Lipinski definition) is 1. The number of nitrogen functional groups attached to an aromatic ring is 1. The van der Waals surface area contributed by atoms with Crippen LogP contribution in [0.5, 0.6) is 0 Å². The summed E-state index contributed by atoms with van der Waals surface area (Å²) in [5.74, 6) is 0.0397. The molecule has 1 heterocycles. The van der Waals surface area contributed by atoms with Gasteiger partial charge in [-0.1, -0.05) is 26.0 Å². The van der Waals surface area contributed by atoms with Crippen molar-refractivity contribution in [3.05, 3.63) is 52.2 Å². The molecular weight excluding hydrogens is 377 g/mol. The smallest absolute Gasteiger partial charge is 0.254 e. The number of thiophene rings is 1. The monoisotopic (exact) mass is 403 g/mol. The topological polar surface area (TPSA) is 49.6 Å². The van der Waals surface area contributed by atoms with Crippen LogP contribution >= 0.6 is 36.2 Å². The molecule has 2 rings (SSSR count). The van der Waals surface area contributed by atoms with Gasteiger partial charge in [0, 0.05) is 29.2 Å². The van der Waals surface area contributed by atoms with E-state index in [2.05, 4.69) is 24.8 Å². The van der Waals surface area contributed by atoms with Crippen LogP contribution in [-0.2, 0) is 6.54 Å². The maximum absolute atomic E-state index is 12.9. The molecule has 0 aliphatic heterocycles. The van der Waals surface area contributed by atoms with E-state index in [-0.39, 0.29) is 30.7 Å². The summed E-state index contributed by atoms with van der Waals surface area (Å²) in [5.41, 5.74) is 7.10. The lowest BCUT2D eigenvalue weighted by Gasteiger charge is -2.26. The number of carbonyl (C=O) groups is 1. The number of hydrogen-bond acceptors (Lipinski definition) is 4. The lowest BCUT2D eigenvalue weighted by molar-refractivity contribution is 0.0726. The van der Waals surface area contributed by atoms with Crippen molar-refractivity contribution in [2.75, 3.05) is 31.9 Å². The van der Waals surface area contributed by atoms with Crippen molar-refractivity contribution in [1.29, 1.82) is 0 Å². The molecule has 0 fully saturated rings.